The maximum absolute atomic E-state index is 11.7. The van der Waals surface area contributed by atoms with Gasteiger partial charge in [-0.1, -0.05) is 0 Å². The van der Waals surface area contributed by atoms with Crippen LogP contribution in [-0.2, 0) is 9.47 Å². The molecule has 1 heterocycles. The largest absolute Gasteiger partial charge is 0.507 e. The van der Waals surface area contributed by atoms with Gasteiger partial charge in [0.15, 0.2) is 0 Å². The fraction of sp³-hybridized carbons (Fsp3) is 0.385. The van der Waals surface area contributed by atoms with Crippen molar-refractivity contribution >= 4 is 17.7 Å². The monoisotopic (exact) mass is 296 g/mol. The molecule has 8 nitrogen and oxygen atoms in total. The van der Waals surface area contributed by atoms with Crippen molar-refractivity contribution < 1.29 is 29.3 Å². The Hall–Kier alpha value is -2.32. The molecule has 1 aromatic carbocycles. The third-order valence-electron chi connectivity index (χ3n) is 2.86. The van der Waals surface area contributed by atoms with E-state index in [-0.39, 0.29) is 17.4 Å². The highest BCUT2D eigenvalue weighted by atomic mass is 16.6. The minimum atomic E-state index is -1.24. The number of hydrogen-bond acceptors (Lipinski definition) is 5. The smallest absolute Gasteiger partial charge is 0.339 e. The molecule has 8 heteroatoms. The predicted octanol–water partition coefficient (Wildman–Crippen LogP) is 0.627. The molecule has 4 N–H and O–H groups in total. The van der Waals surface area contributed by atoms with Crippen molar-refractivity contribution in [2.24, 2.45) is 0 Å². The number of hydrogen-bond donors (Lipinski definition) is 4. The number of nitrogens with one attached hydrogen (secondary N) is 2. The fourth-order valence-corrected chi connectivity index (χ4v) is 1.83. The third kappa shape index (κ3) is 4.33. The summed E-state index contributed by atoms with van der Waals surface area (Å²) in [6.07, 6.45) is -0.188. The Morgan fingerprint density at radius 3 is 2.76 bits per heavy atom. The normalized spacial score (nSPS) is 18.0. The lowest BCUT2D eigenvalue weighted by molar-refractivity contribution is -0.0852. The first kappa shape index (κ1) is 15.1. The van der Waals surface area contributed by atoms with E-state index < -0.39 is 17.7 Å². The van der Waals surface area contributed by atoms with Crippen molar-refractivity contribution in [2.75, 3.05) is 31.7 Å². The van der Waals surface area contributed by atoms with Crippen LogP contribution in [-0.4, -0.2) is 54.7 Å². The van der Waals surface area contributed by atoms with Crippen LogP contribution in [0.3, 0.4) is 0 Å². The van der Waals surface area contributed by atoms with Gasteiger partial charge in [0.2, 0.25) is 0 Å². The summed E-state index contributed by atoms with van der Waals surface area (Å²) < 4.78 is 10.6. The molecule has 0 aromatic heterocycles. The van der Waals surface area contributed by atoms with Gasteiger partial charge in [-0.15, -0.1) is 0 Å². The molecule has 2 rings (SSSR count). The summed E-state index contributed by atoms with van der Waals surface area (Å²) in [5, 5.41) is 23.4. The first-order valence-electron chi connectivity index (χ1n) is 6.37. The molecular weight excluding hydrogens is 280 g/mol. The van der Waals surface area contributed by atoms with E-state index in [2.05, 4.69) is 10.6 Å². The van der Waals surface area contributed by atoms with Crippen molar-refractivity contribution in [3.05, 3.63) is 23.8 Å². The molecule has 114 valence electrons. The number of ether oxygens (including phenoxy) is 2. The Balaban J connectivity index is 1.84. The Morgan fingerprint density at radius 2 is 2.14 bits per heavy atom. The zero-order valence-corrected chi connectivity index (χ0v) is 11.2. The van der Waals surface area contributed by atoms with Gasteiger partial charge in [0.1, 0.15) is 11.3 Å². The van der Waals surface area contributed by atoms with E-state index in [4.69, 9.17) is 14.6 Å². The van der Waals surface area contributed by atoms with Crippen molar-refractivity contribution in [1.82, 2.24) is 5.32 Å². The average molecular weight is 296 g/mol. The van der Waals surface area contributed by atoms with Crippen LogP contribution in [0.1, 0.15) is 10.4 Å². The summed E-state index contributed by atoms with van der Waals surface area (Å²) in [7, 11) is 0. The molecule has 1 fully saturated rings. The molecule has 2 amide bonds. The second-order valence-corrected chi connectivity index (χ2v) is 4.44. The molecule has 1 unspecified atom stereocenters. The topological polar surface area (TPSA) is 117 Å². The van der Waals surface area contributed by atoms with Gasteiger partial charge in [-0.3, -0.25) is 0 Å². The zero-order valence-electron chi connectivity index (χ0n) is 11.2. The van der Waals surface area contributed by atoms with E-state index in [0.717, 1.165) is 0 Å². The molecule has 21 heavy (non-hydrogen) atoms. The Kier molecular flexibility index (Phi) is 4.96. The maximum atomic E-state index is 11.7. The van der Waals surface area contributed by atoms with E-state index in [1.54, 1.807) is 0 Å². The molecule has 1 aliphatic heterocycles. The number of aromatic carboxylic acids is 1. The second-order valence-electron chi connectivity index (χ2n) is 4.44. The molecule has 0 bridgehead atoms. The number of carboxylic acid groups (broad SMARTS) is 1. The number of rotatable bonds is 4. The van der Waals surface area contributed by atoms with Crippen LogP contribution in [0.2, 0.25) is 0 Å². The standard InChI is InChI=1S/C13H16N2O6/c16-11-5-8(1-2-10(11)12(17)18)15-13(19)14-6-9-7-20-3-4-21-9/h1-2,5,9,16H,3-4,6-7H2,(H,17,18)(H2,14,15,19). The first-order chi connectivity index (χ1) is 10.1. The summed E-state index contributed by atoms with van der Waals surface area (Å²) in [5.41, 5.74) is 0.0597. The Morgan fingerprint density at radius 1 is 1.33 bits per heavy atom. The number of carbonyl (C=O) groups excluding carboxylic acids is 1. The van der Waals surface area contributed by atoms with Crippen molar-refractivity contribution in [1.29, 1.82) is 0 Å². The van der Waals surface area contributed by atoms with Crippen LogP contribution < -0.4 is 10.6 Å². The molecule has 1 saturated heterocycles. The molecule has 1 aromatic rings. The summed E-state index contributed by atoms with van der Waals surface area (Å²) >= 11 is 0. The van der Waals surface area contributed by atoms with Gasteiger partial charge < -0.3 is 30.3 Å². The van der Waals surface area contributed by atoms with Gasteiger partial charge in [-0.2, -0.15) is 0 Å². The van der Waals surface area contributed by atoms with Crippen molar-refractivity contribution in [2.45, 2.75) is 6.10 Å². The van der Waals surface area contributed by atoms with Crippen molar-refractivity contribution in [3.8, 4) is 5.75 Å². The first-order valence-corrected chi connectivity index (χ1v) is 6.37. The summed E-state index contributed by atoms with van der Waals surface area (Å²) in [6.45, 7) is 1.77. The average Bonchev–Trinajstić information content (AvgIpc) is 2.46. The quantitative estimate of drug-likeness (QED) is 0.647. The lowest BCUT2D eigenvalue weighted by Gasteiger charge is -2.23. The molecule has 0 spiro atoms. The number of anilines is 1. The summed E-state index contributed by atoms with van der Waals surface area (Å²) in [5.74, 6) is -1.65. The minimum Gasteiger partial charge on any atom is -0.507 e. The van der Waals surface area contributed by atoms with E-state index in [9.17, 15) is 14.7 Å². The Bertz CT molecular complexity index is 527. The maximum Gasteiger partial charge on any atom is 0.339 e. The predicted molar refractivity (Wildman–Crippen MR) is 72.6 cm³/mol. The highest BCUT2D eigenvalue weighted by Gasteiger charge is 2.15. The lowest BCUT2D eigenvalue weighted by atomic mass is 10.2. The van der Waals surface area contributed by atoms with E-state index in [0.29, 0.717) is 26.4 Å². The number of amides is 2. The molecule has 0 radical (unpaired) electrons. The molecule has 1 atom stereocenters. The van der Waals surface area contributed by atoms with Crippen LogP contribution in [0.4, 0.5) is 10.5 Å². The number of aromatic hydroxyl groups is 1. The number of benzene rings is 1. The third-order valence-corrected chi connectivity index (χ3v) is 2.86. The van der Waals surface area contributed by atoms with Crippen molar-refractivity contribution in [3.63, 3.8) is 0 Å². The molecule has 0 saturated carbocycles. The highest BCUT2D eigenvalue weighted by Crippen LogP contribution is 2.21. The zero-order chi connectivity index (χ0) is 15.2. The van der Waals surface area contributed by atoms with Crippen LogP contribution in [0.15, 0.2) is 18.2 Å². The van der Waals surface area contributed by atoms with E-state index in [1.165, 1.54) is 18.2 Å². The lowest BCUT2D eigenvalue weighted by Crippen LogP contribution is -2.41. The van der Waals surface area contributed by atoms with Gasteiger partial charge in [0, 0.05) is 18.3 Å². The summed E-state index contributed by atoms with van der Waals surface area (Å²) in [6, 6.07) is 3.30. The number of phenols is 1. The molecular formula is C13H16N2O6. The minimum absolute atomic E-state index is 0.188. The Labute approximate surface area is 120 Å². The fourth-order valence-electron chi connectivity index (χ4n) is 1.83. The van der Waals surface area contributed by atoms with Gasteiger partial charge in [-0.25, -0.2) is 9.59 Å². The van der Waals surface area contributed by atoms with Gasteiger partial charge in [0.05, 0.1) is 25.9 Å². The van der Waals surface area contributed by atoms with Gasteiger partial charge in [-0.05, 0) is 12.1 Å². The van der Waals surface area contributed by atoms with E-state index >= 15 is 0 Å². The SMILES string of the molecule is O=C(NCC1COCCO1)Nc1ccc(C(=O)O)c(O)c1. The van der Waals surface area contributed by atoms with Crippen LogP contribution >= 0.6 is 0 Å². The van der Waals surface area contributed by atoms with E-state index in [1.807, 2.05) is 0 Å². The number of carbonyl (C=O) groups is 2. The highest BCUT2D eigenvalue weighted by molar-refractivity contribution is 5.93. The number of carboxylic acids is 1. The second kappa shape index (κ2) is 6.91. The summed E-state index contributed by atoms with van der Waals surface area (Å²) in [4.78, 5) is 22.4. The van der Waals surface area contributed by atoms with Gasteiger partial charge in [0.25, 0.3) is 0 Å². The van der Waals surface area contributed by atoms with Gasteiger partial charge >= 0.3 is 12.0 Å². The van der Waals surface area contributed by atoms with Crippen LogP contribution in [0.25, 0.3) is 0 Å². The number of urea groups is 1. The van der Waals surface area contributed by atoms with Crippen LogP contribution in [0, 0.1) is 0 Å². The molecule has 1 aliphatic rings. The van der Waals surface area contributed by atoms with Crippen LogP contribution in [0.5, 0.6) is 5.75 Å². The molecule has 0 aliphatic carbocycles.